The summed E-state index contributed by atoms with van der Waals surface area (Å²) in [6, 6.07) is 7.49. The number of carbonyl (C=O) groups is 1. The maximum atomic E-state index is 12.0. The second-order valence-corrected chi connectivity index (χ2v) is 9.96. The fraction of sp³-hybridized carbons (Fsp3) is 0.467. The van der Waals surface area contributed by atoms with Crippen LogP contribution in [0.2, 0.25) is 0 Å². The standard InChI is InChI=1S/C15H17BrN2O3S2/c1-2-4-14(19)17-15-18(11-6-3-5-10(16)7-11)12-8-23(20,21)9-13(12)22-15/h3,5-7,12-13H,2,4,8-9H2,1H3/t12-,13+/m0/s1. The summed E-state index contributed by atoms with van der Waals surface area (Å²) in [5, 5.41) is 0.554. The summed E-state index contributed by atoms with van der Waals surface area (Å²) in [5.74, 6) is 0.101. The minimum atomic E-state index is -3.03. The van der Waals surface area contributed by atoms with E-state index in [-0.39, 0.29) is 28.7 Å². The van der Waals surface area contributed by atoms with Crippen LogP contribution in [-0.4, -0.2) is 42.3 Å². The van der Waals surface area contributed by atoms with Crippen LogP contribution >= 0.6 is 27.7 Å². The number of halogens is 1. The van der Waals surface area contributed by atoms with E-state index >= 15 is 0 Å². The lowest BCUT2D eigenvalue weighted by Gasteiger charge is -2.24. The van der Waals surface area contributed by atoms with E-state index in [4.69, 9.17) is 0 Å². The quantitative estimate of drug-likeness (QED) is 0.757. The highest BCUT2D eigenvalue weighted by atomic mass is 79.9. The highest BCUT2D eigenvalue weighted by molar-refractivity contribution is 9.10. The number of amides is 1. The Hall–Kier alpha value is -0.860. The van der Waals surface area contributed by atoms with E-state index in [2.05, 4.69) is 20.9 Å². The van der Waals surface area contributed by atoms with Crippen molar-refractivity contribution < 1.29 is 13.2 Å². The Balaban J connectivity index is 1.99. The van der Waals surface area contributed by atoms with Crippen molar-refractivity contribution in [3.8, 4) is 0 Å². The van der Waals surface area contributed by atoms with Crippen molar-refractivity contribution in [2.75, 3.05) is 16.4 Å². The smallest absolute Gasteiger partial charge is 0.248 e. The van der Waals surface area contributed by atoms with Crippen LogP contribution in [0.1, 0.15) is 19.8 Å². The first-order valence-electron chi connectivity index (χ1n) is 7.43. The molecular formula is C15H17BrN2O3S2. The maximum Gasteiger partial charge on any atom is 0.248 e. The number of rotatable bonds is 3. The average Bonchev–Trinajstić information content (AvgIpc) is 2.89. The molecule has 2 heterocycles. The van der Waals surface area contributed by atoms with Crippen LogP contribution in [0.25, 0.3) is 0 Å². The molecule has 1 aromatic carbocycles. The van der Waals surface area contributed by atoms with Crippen molar-refractivity contribution >= 4 is 54.3 Å². The zero-order chi connectivity index (χ0) is 16.6. The summed E-state index contributed by atoms with van der Waals surface area (Å²) >= 11 is 4.85. The molecule has 2 fully saturated rings. The largest absolute Gasteiger partial charge is 0.316 e. The Morgan fingerprint density at radius 1 is 1.43 bits per heavy atom. The number of thioether (sulfide) groups is 1. The number of fused-ring (bicyclic) bond motifs is 1. The number of sulfone groups is 1. The second-order valence-electron chi connectivity index (χ2n) is 5.69. The van der Waals surface area contributed by atoms with E-state index in [1.807, 2.05) is 36.1 Å². The van der Waals surface area contributed by atoms with Crippen LogP contribution < -0.4 is 4.90 Å². The predicted molar refractivity (Wildman–Crippen MR) is 97.8 cm³/mol. The van der Waals surface area contributed by atoms with Crippen molar-refractivity contribution in [1.29, 1.82) is 0 Å². The highest BCUT2D eigenvalue weighted by Gasteiger charge is 2.49. The average molecular weight is 417 g/mol. The lowest BCUT2D eigenvalue weighted by Crippen LogP contribution is -2.37. The third kappa shape index (κ3) is 3.64. The summed E-state index contributed by atoms with van der Waals surface area (Å²) in [6.07, 6.45) is 1.16. The van der Waals surface area contributed by atoms with Gasteiger partial charge in [0, 0.05) is 21.8 Å². The number of hydrogen-bond donors (Lipinski definition) is 0. The molecule has 2 aliphatic heterocycles. The van der Waals surface area contributed by atoms with Gasteiger partial charge in [-0.1, -0.05) is 40.7 Å². The molecule has 5 nitrogen and oxygen atoms in total. The molecule has 0 saturated carbocycles. The number of hydrogen-bond acceptors (Lipinski definition) is 4. The van der Waals surface area contributed by atoms with Crippen molar-refractivity contribution in [2.24, 2.45) is 4.99 Å². The van der Waals surface area contributed by atoms with Gasteiger partial charge in [-0.3, -0.25) is 4.79 Å². The van der Waals surface area contributed by atoms with Gasteiger partial charge in [0.05, 0.1) is 17.5 Å². The molecule has 124 valence electrons. The molecule has 1 aromatic rings. The van der Waals surface area contributed by atoms with Crippen LogP contribution in [0.5, 0.6) is 0 Å². The van der Waals surface area contributed by atoms with Gasteiger partial charge in [0.25, 0.3) is 0 Å². The molecule has 0 bridgehead atoms. The number of aliphatic imine (C=N–C) groups is 1. The van der Waals surface area contributed by atoms with Crippen molar-refractivity contribution in [1.82, 2.24) is 0 Å². The SMILES string of the molecule is CCCC(=O)N=C1S[C@@H]2CS(=O)(=O)C[C@@H]2N1c1cccc(Br)c1. The lowest BCUT2D eigenvalue weighted by atomic mass is 10.2. The molecule has 2 saturated heterocycles. The van der Waals surface area contributed by atoms with Gasteiger partial charge in [0.2, 0.25) is 5.91 Å². The van der Waals surface area contributed by atoms with Crippen molar-refractivity contribution in [3.05, 3.63) is 28.7 Å². The van der Waals surface area contributed by atoms with Crippen LogP contribution in [0, 0.1) is 0 Å². The summed E-state index contributed by atoms with van der Waals surface area (Å²) in [6.45, 7) is 1.94. The van der Waals surface area contributed by atoms with E-state index in [0.29, 0.717) is 11.6 Å². The normalized spacial score (nSPS) is 27.4. The predicted octanol–water partition coefficient (Wildman–Crippen LogP) is 2.85. The van der Waals surface area contributed by atoms with Crippen LogP contribution in [0.4, 0.5) is 5.69 Å². The first-order chi connectivity index (χ1) is 10.9. The summed E-state index contributed by atoms with van der Waals surface area (Å²) in [7, 11) is -3.03. The van der Waals surface area contributed by atoms with Gasteiger partial charge in [-0.05, 0) is 24.6 Å². The number of carbonyl (C=O) groups excluding carboxylic acids is 1. The zero-order valence-corrected chi connectivity index (χ0v) is 15.8. The number of nitrogens with zero attached hydrogens (tertiary/aromatic N) is 2. The molecule has 0 unspecified atom stereocenters. The summed E-state index contributed by atoms with van der Waals surface area (Å²) in [4.78, 5) is 18.1. The molecule has 0 N–H and O–H groups in total. The minimum Gasteiger partial charge on any atom is -0.316 e. The molecule has 3 rings (SSSR count). The Bertz CT molecular complexity index is 764. The minimum absolute atomic E-state index is 0.0628. The Morgan fingerprint density at radius 2 is 2.22 bits per heavy atom. The lowest BCUT2D eigenvalue weighted by molar-refractivity contribution is -0.117. The third-order valence-corrected chi connectivity index (χ3v) is 7.54. The fourth-order valence-corrected chi connectivity index (χ4v) is 7.19. The Labute approximate surface area is 148 Å². The Morgan fingerprint density at radius 3 is 2.91 bits per heavy atom. The van der Waals surface area contributed by atoms with Gasteiger partial charge in [0.15, 0.2) is 15.0 Å². The van der Waals surface area contributed by atoms with Crippen LogP contribution in [0.15, 0.2) is 33.7 Å². The molecule has 0 aromatic heterocycles. The maximum absolute atomic E-state index is 12.0. The van der Waals surface area contributed by atoms with E-state index < -0.39 is 9.84 Å². The van der Waals surface area contributed by atoms with Gasteiger partial charge >= 0.3 is 0 Å². The van der Waals surface area contributed by atoms with Gasteiger partial charge in [0.1, 0.15) is 0 Å². The molecular weight excluding hydrogens is 400 g/mol. The fourth-order valence-electron chi connectivity index (χ4n) is 2.87. The number of amidine groups is 1. The molecule has 8 heteroatoms. The first-order valence-corrected chi connectivity index (χ1v) is 10.9. The van der Waals surface area contributed by atoms with Gasteiger partial charge in [-0.2, -0.15) is 4.99 Å². The van der Waals surface area contributed by atoms with Crippen molar-refractivity contribution in [2.45, 2.75) is 31.1 Å². The van der Waals surface area contributed by atoms with Crippen LogP contribution in [-0.2, 0) is 14.6 Å². The summed E-state index contributed by atoms with van der Waals surface area (Å²) in [5.41, 5.74) is 0.861. The first kappa shape index (κ1) is 17.0. The molecule has 1 amide bonds. The molecule has 0 spiro atoms. The summed E-state index contributed by atoms with van der Waals surface area (Å²) < 4.78 is 24.8. The second kappa shape index (κ2) is 6.57. The number of anilines is 1. The van der Waals surface area contributed by atoms with E-state index in [1.54, 1.807) is 0 Å². The van der Waals surface area contributed by atoms with Crippen molar-refractivity contribution in [3.63, 3.8) is 0 Å². The van der Waals surface area contributed by atoms with Gasteiger partial charge in [-0.25, -0.2) is 8.42 Å². The van der Waals surface area contributed by atoms with Gasteiger partial charge in [-0.15, -0.1) is 0 Å². The number of benzene rings is 1. The van der Waals surface area contributed by atoms with Crippen LogP contribution in [0.3, 0.4) is 0 Å². The monoisotopic (exact) mass is 416 g/mol. The molecule has 0 radical (unpaired) electrons. The Kier molecular flexibility index (Phi) is 4.85. The van der Waals surface area contributed by atoms with E-state index in [0.717, 1.165) is 16.6 Å². The molecule has 0 aliphatic carbocycles. The molecule has 23 heavy (non-hydrogen) atoms. The van der Waals surface area contributed by atoms with Gasteiger partial charge < -0.3 is 4.90 Å². The molecule has 2 atom stereocenters. The van der Waals surface area contributed by atoms with E-state index in [9.17, 15) is 13.2 Å². The topological polar surface area (TPSA) is 66.8 Å². The third-order valence-electron chi connectivity index (χ3n) is 3.84. The molecule has 2 aliphatic rings. The van der Waals surface area contributed by atoms with E-state index in [1.165, 1.54) is 11.8 Å². The highest BCUT2D eigenvalue weighted by Crippen LogP contribution is 2.41. The zero-order valence-electron chi connectivity index (χ0n) is 12.6.